The lowest BCUT2D eigenvalue weighted by Crippen LogP contribution is -2.11. The van der Waals surface area contributed by atoms with Crippen LogP contribution in [-0.4, -0.2) is 30.1 Å². The highest BCUT2D eigenvalue weighted by Gasteiger charge is 2.13. The molecule has 0 amide bonds. The van der Waals surface area contributed by atoms with Crippen molar-refractivity contribution in [3.63, 3.8) is 0 Å². The number of nitrogens with zero attached hydrogens (tertiary/aromatic N) is 1. The van der Waals surface area contributed by atoms with Crippen LogP contribution in [0.1, 0.15) is 164 Å². The fraction of sp³-hybridized carbons (Fsp3) is 0.788. The number of hydrogen-bond acceptors (Lipinski definition) is 5. The summed E-state index contributed by atoms with van der Waals surface area (Å²) in [5.41, 5.74) is 0.600. The highest BCUT2D eigenvalue weighted by molar-refractivity contribution is 5.94. The standard InChI is InChI=1S/C33H57NO4/c1-28(2)21-17-13-9-5-7-11-15-19-23-37-32(35)30-25-31(27-34-26-30)33(36)38-24-20-16-12-8-6-10-14-18-22-29(3)4/h25-29H,5-24H2,1-4H3. The summed E-state index contributed by atoms with van der Waals surface area (Å²) in [5, 5.41) is 0. The highest BCUT2D eigenvalue weighted by atomic mass is 16.5. The van der Waals surface area contributed by atoms with Crippen LogP contribution in [-0.2, 0) is 9.47 Å². The van der Waals surface area contributed by atoms with E-state index in [1.807, 2.05) is 0 Å². The van der Waals surface area contributed by atoms with Crippen molar-refractivity contribution in [3.05, 3.63) is 29.6 Å². The minimum absolute atomic E-state index is 0.300. The summed E-state index contributed by atoms with van der Waals surface area (Å²) in [6.07, 6.45) is 24.9. The van der Waals surface area contributed by atoms with E-state index >= 15 is 0 Å². The predicted octanol–water partition coefficient (Wildman–Crippen LogP) is 9.73. The Morgan fingerprint density at radius 3 is 1.21 bits per heavy atom. The van der Waals surface area contributed by atoms with Gasteiger partial charge in [-0.05, 0) is 30.7 Å². The minimum atomic E-state index is -0.429. The van der Waals surface area contributed by atoms with Gasteiger partial charge in [0.05, 0.1) is 24.3 Å². The van der Waals surface area contributed by atoms with Crippen molar-refractivity contribution in [2.75, 3.05) is 13.2 Å². The maximum Gasteiger partial charge on any atom is 0.339 e. The smallest absolute Gasteiger partial charge is 0.339 e. The van der Waals surface area contributed by atoms with Gasteiger partial charge in [0.1, 0.15) is 0 Å². The first-order valence-electron chi connectivity index (χ1n) is 15.7. The van der Waals surface area contributed by atoms with Crippen LogP contribution in [0, 0.1) is 11.8 Å². The first-order chi connectivity index (χ1) is 18.4. The molecule has 0 aliphatic rings. The third kappa shape index (κ3) is 19.2. The van der Waals surface area contributed by atoms with Crippen molar-refractivity contribution in [2.24, 2.45) is 11.8 Å². The molecule has 1 aromatic rings. The average Bonchev–Trinajstić information content (AvgIpc) is 2.89. The highest BCUT2D eigenvalue weighted by Crippen LogP contribution is 2.14. The number of unbranched alkanes of at least 4 members (excludes halogenated alkanes) is 14. The SMILES string of the molecule is CC(C)CCCCCCCCCCOC(=O)c1cncc(C(=O)OCCCCCCCCCCC(C)C)c1. The van der Waals surface area contributed by atoms with Crippen LogP contribution in [0.5, 0.6) is 0 Å². The number of esters is 2. The summed E-state index contributed by atoms with van der Waals surface area (Å²) in [6.45, 7) is 9.95. The van der Waals surface area contributed by atoms with E-state index in [1.54, 1.807) is 0 Å². The molecule has 0 aromatic carbocycles. The molecule has 5 heteroatoms. The van der Waals surface area contributed by atoms with Crippen LogP contribution in [0.25, 0.3) is 0 Å². The summed E-state index contributed by atoms with van der Waals surface area (Å²) in [5.74, 6) is 0.768. The van der Waals surface area contributed by atoms with Gasteiger partial charge in [0.15, 0.2) is 0 Å². The molecule has 1 heterocycles. The molecule has 0 aliphatic carbocycles. The molecule has 0 aliphatic heterocycles. The van der Waals surface area contributed by atoms with Gasteiger partial charge >= 0.3 is 11.9 Å². The van der Waals surface area contributed by atoms with Gasteiger partial charge in [0.2, 0.25) is 0 Å². The summed E-state index contributed by atoms with van der Waals surface area (Å²) in [4.78, 5) is 28.8. The Hall–Kier alpha value is -1.91. The molecule has 5 nitrogen and oxygen atoms in total. The molecule has 0 bridgehead atoms. The number of ether oxygens (including phenoxy) is 2. The van der Waals surface area contributed by atoms with Gasteiger partial charge in [-0.25, -0.2) is 9.59 Å². The summed E-state index contributed by atoms with van der Waals surface area (Å²) < 4.78 is 10.8. The normalized spacial score (nSPS) is 11.3. The van der Waals surface area contributed by atoms with Crippen molar-refractivity contribution in [1.29, 1.82) is 0 Å². The van der Waals surface area contributed by atoms with E-state index in [-0.39, 0.29) is 0 Å². The van der Waals surface area contributed by atoms with Gasteiger partial charge in [-0.15, -0.1) is 0 Å². The molecule has 0 saturated carbocycles. The molecule has 0 spiro atoms. The Bertz CT molecular complexity index is 674. The zero-order valence-electron chi connectivity index (χ0n) is 25.1. The van der Waals surface area contributed by atoms with E-state index in [1.165, 1.54) is 108 Å². The van der Waals surface area contributed by atoms with Crippen LogP contribution < -0.4 is 0 Å². The van der Waals surface area contributed by atoms with Crippen molar-refractivity contribution >= 4 is 11.9 Å². The lowest BCUT2D eigenvalue weighted by Gasteiger charge is -2.08. The van der Waals surface area contributed by atoms with E-state index in [0.29, 0.717) is 24.3 Å². The van der Waals surface area contributed by atoms with Crippen LogP contribution in [0.15, 0.2) is 18.5 Å². The maximum absolute atomic E-state index is 12.4. The summed E-state index contributed by atoms with van der Waals surface area (Å²) >= 11 is 0. The van der Waals surface area contributed by atoms with Crippen LogP contribution in [0.4, 0.5) is 0 Å². The minimum Gasteiger partial charge on any atom is -0.462 e. The van der Waals surface area contributed by atoms with E-state index in [9.17, 15) is 9.59 Å². The number of carbonyl (C=O) groups excluding carboxylic acids is 2. The largest absolute Gasteiger partial charge is 0.462 e. The maximum atomic E-state index is 12.4. The lowest BCUT2D eigenvalue weighted by atomic mass is 10.0. The fourth-order valence-electron chi connectivity index (χ4n) is 4.59. The van der Waals surface area contributed by atoms with Crippen molar-refractivity contribution in [2.45, 2.75) is 143 Å². The van der Waals surface area contributed by atoms with Crippen molar-refractivity contribution in [1.82, 2.24) is 4.98 Å². The van der Waals surface area contributed by atoms with Gasteiger partial charge in [0.25, 0.3) is 0 Å². The van der Waals surface area contributed by atoms with Crippen LogP contribution >= 0.6 is 0 Å². The van der Waals surface area contributed by atoms with Crippen LogP contribution in [0.3, 0.4) is 0 Å². The summed E-state index contributed by atoms with van der Waals surface area (Å²) in [6, 6.07) is 1.52. The second kappa shape index (κ2) is 23.0. The molecular weight excluding hydrogens is 474 g/mol. The average molecular weight is 532 g/mol. The molecule has 218 valence electrons. The number of carbonyl (C=O) groups is 2. The zero-order chi connectivity index (χ0) is 27.8. The quantitative estimate of drug-likeness (QED) is 0.0981. The number of aromatic nitrogens is 1. The first kappa shape index (κ1) is 34.1. The Labute approximate surface area is 233 Å². The van der Waals surface area contributed by atoms with Crippen molar-refractivity contribution < 1.29 is 19.1 Å². The van der Waals surface area contributed by atoms with E-state index < -0.39 is 11.9 Å². The molecule has 0 N–H and O–H groups in total. The second-order valence-electron chi connectivity index (χ2n) is 11.8. The van der Waals surface area contributed by atoms with Crippen LogP contribution in [0.2, 0.25) is 0 Å². The Balaban J connectivity index is 2.08. The molecule has 38 heavy (non-hydrogen) atoms. The lowest BCUT2D eigenvalue weighted by molar-refractivity contribution is 0.0495. The van der Waals surface area contributed by atoms with E-state index in [2.05, 4.69) is 32.7 Å². The molecule has 0 radical (unpaired) electrons. The topological polar surface area (TPSA) is 65.5 Å². The Kier molecular flexibility index (Phi) is 20.7. The van der Waals surface area contributed by atoms with Gasteiger partial charge in [0, 0.05) is 12.4 Å². The Morgan fingerprint density at radius 1 is 0.553 bits per heavy atom. The molecule has 0 atom stereocenters. The third-order valence-corrected chi connectivity index (χ3v) is 7.03. The third-order valence-electron chi connectivity index (χ3n) is 7.03. The molecule has 1 aromatic heterocycles. The molecule has 0 saturated heterocycles. The summed E-state index contributed by atoms with van der Waals surface area (Å²) in [7, 11) is 0. The molecule has 0 fully saturated rings. The molecule has 0 unspecified atom stereocenters. The zero-order valence-corrected chi connectivity index (χ0v) is 25.1. The number of hydrogen-bond donors (Lipinski definition) is 0. The van der Waals surface area contributed by atoms with Gasteiger partial charge in [-0.3, -0.25) is 4.98 Å². The fourth-order valence-corrected chi connectivity index (χ4v) is 4.59. The van der Waals surface area contributed by atoms with Crippen molar-refractivity contribution in [3.8, 4) is 0 Å². The second-order valence-corrected chi connectivity index (χ2v) is 11.8. The Morgan fingerprint density at radius 2 is 0.868 bits per heavy atom. The molecular formula is C33H57NO4. The van der Waals surface area contributed by atoms with Gasteiger partial charge in [-0.1, -0.05) is 130 Å². The first-order valence-corrected chi connectivity index (χ1v) is 15.7. The monoisotopic (exact) mass is 531 g/mol. The molecule has 1 rings (SSSR count). The van der Waals surface area contributed by atoms with Gasteiger partial charge in [-0.2, -0.15) is 0 Å². The number of pyridine rings is 1. The number of rotatable bonds is 24. The van der Waals surface area contributed by atoms with Gasteiger partial charge < -0.3 is 9.47 Å². The van der Waals surface area contributed by atoms with E-state index in [0.717, 1.165) is 37.5 Å². The predicted molar refractivity (Wildman–Crippen MR) is 158 cm³/mol. The van der Waals surface area contributed by atoms with E-state index in [4.69, 9.17) is 9.47 Å².